The van der Waals surface area contributed by atoms with Crippen molar-refractivity contribution in [1.82, 2.24) is 5.32 Å². The van der Waals surface area contributed by atoms with Gasteiger partial charge in [0.25, 0.3) is 5.91 Å². The van der Waals surface area contributed by atoms with Gasteiger partial charge in [0.15, 0.2) is 0 Å². The van der Waals surface area contributed by atoms with Crippen molar-refractivity contribution in [2.75, 3.05) is 0 Å². The second-order valence-electron chi connectivity index (χ2n) is 7.22. The van der Waals surface area contributed by atoms with Crippen molar-refractivity contribution in [2.24, 2.45) is 5.41 Å². The van der Waals surface area contributed by atoms with E-state index in [1.807, 2.05) is 19.1 Å². The Kier molecular flexibility index (Phi) is 7.62. The minimum Gasteiger partial charge on any atom is -0.465 e. The molecule has 0 atom stereocenters. The van der Waals surface area contributed by atoms with Crippen LogP contribution in [-0.2, 0) is 4.79 Å². The van der Waals surface area contributed by atoms with Gasteiger partial charge >= 0.3 is 6.09 Å². The average molecular weight is 343 g/mol. The third-order valence-corrected chi connectivity index (χ3v) is 4.36. The highest BCUT2D eigenvalue weighted by atomic mass is 16.4. The Morgan fingerprint density at radius 3 is 2.44 bits per heavy atom. The summed E-state index contributed by atoms with van der Waals surface area (Å²) in [7, 11) is 0. The fourth-order valence-electron chi connectivity index (χ4n) is 3.03. The second-order valence-corrected chi connectivity index (χ2v) is 7.22. The second kappa shape index (κ2) is 9.21. The van der Waals surface area contributed by atoms with E-state index in [9.17, 15) is 9.59 Å². The fourth-order valence-corrected chi connectivity index (χ4v) is 3.03. The van der Waals surface area contributed by atoms with Crippen molar-refractivity contribution in [2.45, 2.75) is 53.9 Å². The van der Waals surface area contributed by atoms with Gasteiger partial charge in [0.05, 0.1) is 0 Å². The standard InChI is InChI=1S/C21H29NO3/c1-15(8-6-9-16(2)14-19(23)22-20(24)25)11-12-18-17(3)10-7-13-21(18,4)5/h6,8-9,11-12,14H,7,10,13H2,1-5H3,(H,22,23)(H,24,25). The summed E-state index contributed by atoms with van der Waals surface area (Å²) < 4.78 is 0. The van der Waals surface area contributed by atoms with E-state index in [1.165, 1.54) is 36.5 Å². The molecule has 0 fully saturated rings. The van der Waals surface area contributed by atoms with Crippen molar-refractivity contribution in [3.63, 3.8) is 0 Å². The Labute approximate surface area is 150 Å². The van der Waals surface area contributed by atoms with Crippen LogP contribution < -0.4 is 5.32 Å². The minimum absolute atomic E-state index is 0.228. The smallest absolute Gasteiger partial charge is 0.411 e. The molecule has 2 N–H and O–H groups in total. The molecule has 0 unspecified atom stereocenters. The van der Waals surface area contributed by atoms with Crippen LogP contribution in [0.2, 0.25) is 0 Å². The average Bonchev–Trinajstić information content (AvgIpc) is 2.44. The van der Waals surface area contributed by atoms with Gasteiger partial charge in [0.1, 0.15) is 0 Å². The highest BCUT2D eigenvalue weighted by Crippen LogP contribution is 2.40. The lowest BCUT2D eigenvalue weighted by atomic mass is 9.72. The number of carboxylic acid groups (broad SMARTS) is 1. The van der Waals surface area contributed by atoms with Crippen LogP contribution in [-0.4, -0.2) is 17.1 Å². The molecule has 1 rings (SSSR count). The van der Waals surface area contributed by atoms with E-state index in [4.69, 9.17) is 5.11 Å². The van der Waals surface area contributed by atoms with Gasteiger partial charge in [-0.15, -0.1) is 0 Å². The molecule has 1 aliphatic rings. The van der Waals surface area contributed by atoms with E-state index in [-0.39, 0.29) is 5.41 Å². The first-order valence-electron chi connectivity index (χ1n) is 8.57. The van der Waals surface area contributed by atoms with Crippen LogP contribution in [0, 0.1) is 5.41 Å². The molecule has 0 aromatic heterocycles. The van der Waals surface area contributed by atoms with E-state index in [2.05, 4.69) is 32.9 Å². The number of amides is 2. The molecule has 1 aliphatic carbocycles. The third kappa shape index (κ3) is 7.38. The molecule has 0 spiro atoms. The quantitative estimate of drug-likeness (QED) is 0.525. The van der Waals surface area contributed by atoms with E-state index in [0.29, 0.717) is 5.57 Å². The summed E-state index contributed by atoms with van der Waals surface area (Å²) >= 11 is 0. The van der Waals surface area contributed by atoms with Crippen LogP contribution in [0.3, 0.4) is 0 Å². The molecule has 4 nitrogen and oxygen atoms in total. The van der Waals surface area contributed by atoms with E-state index in [0.717, 1.165) is 5.57 Å². The lowest BCUT2D eigenvalue weighted by Gasteiger charge is -2.32. The Morgan fingerprint density at radius 1 is 1.16 bits per heavy atom. The number of nitrogens with one attached hydrogen (secondary N) is 1. The molecule has 4 heteroatoms. The van der Waals surface area contributed by atoms with Crippen molar-refractivity contribution >= 4 is 12.0 Å². The molecule has 0 aromatic carbocycles. The number of rotatable bonds is 5. The Bertz CT molecular complexity index is 673. The summed E-state index contributed by atoms with van der Waals surface area (Å²) in [5.41, 5.74) is 4.92. The SMILES string of the molecule is CC(C=CC1=C(C)CCCC1(C)C)=CC=CC(C)=CC(=O)NC(=O)O. The fraction of sp³-hybridized carbons (Fsp3) is 0.429. The normalized spacial score (nSPS) is 18.9. The number of imide groups is 1. The Morgan fingerprint density at radius 2 is 1.84 bits per heavy atom. The van der Waals surface area contributed by atoms with Crippen molar-refractivity contribution in [3.8, 4) is 0 Å². The number of carbonyl (C=O) groups is 2. The predicted octanol–water partition coefficient (Wildman–Crippen LogP) is 5.31. The van der Waals surface area contributed by atoms with E-state index in [1.54, 1.807) is 18.3 Å². The van der Waals surface area contributed by atoms with Crippen LogP contribution in [0.4, 0.5) is 4.79 Å². The van der Waals surface area contributed by atoms with Gasteiger partial charge in [0.2, 0.25) is 0 Å². The minimum atomic E-state index is -1.35. The lowest BCUT2D eigenvalue weighted by Crippen LogP contribution is -2.26. The lowest BCUT2D eigenvalue weighted by molar-refractivity contribution is -0.115. The zero-order valence-electron chi connectivity index (χ0n) is 15.8. The van der Waals surface area contributed by atoms with Crippen LogP contribution >= 0.6 is 0 Å². The number of hydrogen-bond donors (Lipinski definition) is 2. The number of carbonyl (C=O) groups excluding carboxylic acids is 1. The summed E-state index contributed by atoms with van der Waals surface area (Å²) in [6, 6.07) is 0. The van der Waals surface area contributed by atoms with Gasteiger partial charge in [0, 0.05) is 6.08 Å². The van der Waals surface area contributed by atoms with E-state index < -0.39 is 12.0 Å². The van der Waals surface area contributed by atoms with Gasteiger partial charge in [-0.25, -0.2) is 4.79 Å². The molecule has 0 radical (unpaired) electrons. The molecule has 136 valence electrons. The largest absolute Gasteiger partial charge is 0.465 e. The molecular weight excluding hydrogens is 314 g/mol. The first-order chi connectivity index (χ1) is 11.6. The molecule has 0 heterocycles. The summed E-state index contributed by atoms with van der Waals surface area (Å²) in [6.07, 6.45) is 13.5. The summed E-state index contributed by atoms with van der Waals surface area (Å²) in [5, 5.41) is 10.2. The molecule has 0 aliphatic heterocycles. The van der Waals surface area contributed by atoms with Crippen LogP contribution in [0.5, 0.6) is 0 Å². The third-order valence-electron chi connectivity index (χ3n) is 4.36. The maximum absolute atomic E-state index is 11.3. The molecule has 0 bridgehead atoms. The van der Waals surface area contributed by atoms with E-state index >= 15 is 0 Å². The van der Waals surface area contributed by atoms with Crippen molar-refractivity contribution < 1.29 is 14.7 Å². The molecule has 0 saturated carbocycles. The number of allylic oxidation sites excluding steroid dienone is 9. The van der Waals surface area contributed by atoms with Crippen LogP contribution in [0.1, 0.15) is 53.9 Å². The maximum atomic E-state index is 11.3. The summed E-state index contributed by atoms with van der Waals surface area (Å²) in [5.74, 6) is -0.641. The molecule has 2 amide bonds. The zero-order chi connectivity index (χ0) is 19.0. The van der Waals surface area contributed by atoms with Crippen LogP contribution in [0.25, 0.3) is 0 Å². The van der Waals surface area contributed by atoms with Crippen molar-refractivity contribution in [3.05, 3.63) is 58.7 Å². The van der Waals surface area contributed by atoms with Crippen LogP contribution in [0.15, 0.2) is 58.7 Å². The predicted molar refractivity (Wildman–Crippen MR) is 102 cm³/mol. The van der Waals surface area contributed by atoms with Gasteiger partial charge < -0.3 is 5.11 Å². The Hall–Kier alpha value is -2.36. The highest BCUT2D eigenvalue weighted by molar-refractivity contribution is 5.98. The maximum Gasteiger partial charge on any atom is 0.411 e. The first-order valence-corrected chi connectivity index (χ1v) is 8.57. The molecule has 25 heavy (non-hydrogen) atoms. The summed E-state index contributed by atoms with van der Waals surface area (Å²) in [6.45, 7) is 10.6. The molecule has 0 saturated heterocycles. The van der Waals surface area contributed by atoms with Gasteiger partial charge in [-0.2, -0.15) is 0 Å². The Balaban J connectivity index is 2.74. The van der Waals surface area contributed by atoms with Crippen molar-refractivity contribution in [1.29, 1.82) is 0 Å². The van der Waals surface area contributed by atoms with Gasteiger partial charge in [-0.3, -0.25) is 10.1 Å². The summed E-state index contributed by atoms with van der Waals surface area (Å²) in [4.78, 5) is 21.7. The zero-order valence-corrected chi connectivity index (χ0v) is 15.8. The topological polar surface area (TPSA) is 66.4 Å². The monoisotopic (exact) mass is 343 g/mol. The van der Waals surface area contributed by atoms with Gasteiger partial charge in [-0.1, -0.05) is 55.4 Å². The first kappa shape index (κ1) is 20.7. The number of hydrogen-bond acceptors (Lipinski definition) is 2. The molecular formula is C21H29NO3. The van der Waals surface area contributed by atoms with Gasteiger partial charge in [-0.05, 0) is 56.6 Å². The highest BCUT2D eigenvalue weighted by Gasteiger charge is 2.26. The molecule has 0 aromatic rings.